The van der Waals surface area contributed by atoms with Crippen LogP contribution in [0.4, 0.5) is 4.79 Å². The van der Waals surface area contributed by atoms with E-state index in [1.165, 1.54) is 0 Å². The zero-order valence-electron chi connectivity index (χ0n) is 11.6. The lowest BCUT2D eigenvalue weighted by Gasteiger charge is -2.21. The Morgan fingerprint density at radius 3 is 2.76 bits per heavy atom. The van der Waals surface area contributed by atoms with Gasteiger partial charge >= 0.3 is 6.09 Å². The highest BCUT2D eigenvalue weighted by molar-refractivity contribution is 5.93. The fourth-order valence-corrected chi connectivity index (χ4v) is 2.35. The number of benzene rings is 1. The van der Waals surface area contributed by atoms with Crippen molar-refractivity contribution in [1.29, 1.82) is 0 Å². The molecule has 1 saturated heterocycles. The van der Waals surface area contributed by atoms with Crippen molar-refractivity contribution in [1.82, 2.24) is 4.90 Å². The highest BCUT2D eigenvalue weighted by atomic mass is 16.6. The molecule has 6 nitrogen and oxygen atoms in total. The average molecular weight is 293 g/mol. The highest BCUT2D eigenvalue weighted by Crippen LogP contribution is 2.19. The average Bonchev–Trinajstić information content (AvgIpc) is 2.81. The topological polar surface area (TPSA) is 87.1 Å². The van der Waals surface area contributed by atoms with Gasteiger partial charge in [-0.1, -0.05) is 30.3 Å². The molecule has 2 rings (SSSR count). The minimum atomic E-state index is -0.951. The number of amides is 2. The second-order valence-corrected chi connectivity index (χ2v) is 5.05. The van der Waals surface area contributed by atoms with Gasteiger partial charge in [-0.3, -0.25) is 4.79 Å². The number of carbonyl (C=O) groups is 2. The van der Waals surface area contributed by atoms with Gasteiger partial charge in [-0.2, -0.15) is 0 Å². The molecule has 1 fully saturated rings. The third kappa shape index (κ3) is 4.03. The molecule has 0 spiro atoms. The van der Waals surface area contributed by atoms with Crippen molar-refractivity contribution in [2.45, 2.75) is 31.4 Å². The second-order valence-electron chi connectivity index (χ2n) is 5.05. The summed E-state index contributed by atoms with van der Waals surface area (Å²) in [5.74, 6) is -0.473. The molecule has 114 valence electrons. The van der Waals surface area contributed by atoms with Crippen molar-refractivity contribution < 1.29 is 24.5 Å². The van der Waals surface area contributed by atoms with Crippen molar-refractivity contribution >= 4 is 12.0 Å². The standard InChI is InChI=1S/C15H19NO5/c17-7-6-13(18)9-14(19)16-12(10-21-15(16)20)8-11-4-2-1-3-5-11/h1-5,12-13,17-18H,6-10H2/t12-,13+/m0/s1. The smallest absolute Gasteiger partial charge is 0.416 e. The maximum absolute atomic E-state index is 12.1. The predicted molar refractivity (Wildman–Crippen MR) is 74.5 cm³/mol. The van der Waals surface area contributed by atoms with E-state index >= 15 is 0 Å². The number of ether oxygens (including phenoxy) is 1. The molecule has 1 aromatic rings. The summed E-state index contributed by atoms with van der Waals surface area (Å²) in [6.45, 7) is -0.0398. The summed E-state index contributed by atoms with van der Waals surface area (Å²) < 4.78 is 4.95. The lowest BCUT2D eigenvalue weighted by molar-refractivity contribution is -0.131. The van der Waals surface area contributed by atoms with Gasteiger partial charge in [0, 0.05) is 6.61 Å². The van der Waals surface area contributed by atoms with Crippen LogP contribution in [0.15, 0.2) is 30.3 Å². The molecule has 0 saturated carbocycles. The van der Waals surface area contributed by atoms with Crippen molar-refractivity contribution in [3.8, 4) is 0 Å². The van der Waals surface area contributed by atoms with E-state index in [2.05, 4.69) is 0 Å². The fourth-order valence-electron chi connectivity index (χ4n) is 2.35. The number of aliphatic hydroxyl groups excluding tert-OH is 2. The van der Waals surface area contributed by atoms with Crippen LogP contribution in [0.25, 0.3) is 0 Å². The molecule has 2 N–H and O–H groups in total. The minimum absolute atomic E-state index is 0.109. The number of carbonyl (C=O) groups excluding carboxylic acids is 2. The summed E-state index contributed by atoms with van der Waals surface area (Å²) in [6.07, 6.45) is -1.18. The number of cyclic esters (lactones) is 1. The molecule has 0 aliphatic carbocycles. The number of aliphatic hydroxyl groups is 2. The Morgan fingerprint density at radius 1 is 1.38 bits per heavy atom. The number of hydrogen-bond donors (Lipinski definition) is 2. The summed E-state index contributed by atoms with van der Waals surface area (Å²) in [4.78, 5) is 24.9. The van der Waals surface area contributed by atoms with Crippen LogP contribution in [0.1, 0.15) is 18.4 Å². The van der Waals surface area contributed by atoms with Crippen LogP contribution in [0.5, 0.6) is 0 Å². The summed E-state index contributed by atoms with van der Waals surface area (Å²) in [5, 5.41) is 18.3. The molecule has 0 unspecified atom stereocenters. The van der Waals surface area contributed by atoms with Gasteiger partial charge in [-0.15, -0.1) is 0 Å². The third-order valence-electron chi connectivity index (χ3n) is 3.42. The van der Waals surface area contributed by atoms with E-state index in [-0.39, 0.29) is 32.1 Å². The first-order valence-corrected chi connectivity index (χ1v) is 6.93. The minimum Gasteiger partial charge on any atom is -0.447 e. The van der Waals surface area contributed by atoms with E-state index in [0.717, 1.165) is 10.5 Å². The van der Waals surface area contributed by atoms with Gasteiger partial charge in [-0.25, -0.2) is 9.69 Å². The zero-order valence-corrected chi connectivity index (χ0v) is 11.6. The summed E-state index contributed by atoms with van der Waals surface area (Å²) in [5.41, 5.74) is 1.01. The number of hydrogen-bond acceptors (Lipinski definition) is 5. The summed E-state index contributed by atoms with van der Waals surface area (Å²) in [6, 6.07) is 9.18. The summed E-state index contributed by atoms with van der Waals surface area (Å²) >= 11 is 0. The van der Waals surface area contributed by atoms with Gasteiger partial charge in [0.05, 0.1) is 18.6 Å². The van der Waals surface area contributed by atoms with E-state index in [0.29, 0.717) is 6.42 Å². The van der Waals surface area contributed by atoms with Gasteiger partial charge < -0.3 is 14.9 Å². The lowest BCUT2D eigenvalue weighted by atomic mass is 10.1. The van der Waals surface area contributed by atoms with Crippen LogP contribution in [0.3, 0.4) is 0 Å². The molecule has 6 heteroatoms. The van der Waals surface area contributed by atoms with Crippen molar-refractivity contribution in [2.24, 2.45) is 0 Å². The molecule has 1 aromatic carbocycles. The normalized spacial score (nSPS) is 19.4. The Labute approximate surface area is 122 Å². The van der Waals surface area contributed by atoms with Gasteiger partial charge in [0.2, 0.25) is 5.91 Å². The van der Waals surface area contributed by atoms with Crippen LogP contribution < -0.4 is 0 Å². The SMILES string of the molecule is O=C(C[C@H](O)CCO)N1C(=O)OC[C@@H]1Cc1ccccc1. The first kappa shape index (κ1) is 15.5. The van der Waals surface area contributed by atoms with Gasteiger partial charge in [0.25, 0.3) is 0 Å². The third-order valence-corrected chi connectivity index (χ3v) is 3.42. The largest absolute Gasteiger partial charge is 0.447 e. The molecule has 1 aliphatic rings. The van der Waals surface area contributed by atoms with E-state index in [9.17, 15) is 14.7 Å². The Hall–Kier alpha value is -1.92. The maximum atomic E-state index is 12.1. The van der Waals surface area contributed by atoms with Crippen molar-refractivity contribution in [3.63, 3.8) is 0 Å². The highest BCUT2D eigenvalue weighted by Gasteiger charge is 2.38. The van der Waals surface area contributed by atoms with Crippen molar-refractivity contribution in [3.05, 3.63) is 35.9 Å². The van der Waals surface area contributed by atoms with Gasteiger partial charge in [-0.05, 0) is 18.4 Å². The van der Waals surface area contributed by atoms with E-state index in [1.54, 1.807) is 0 Å². The van der Waals surface area contributed by atoms with Crippen LogP contribution in [0.2, 0.25) is 0 Å². The number of rotatable bonds is 6. The number of imide groups is 1. The van der Waals surface area contributed by atoms with Crippen molar-refractivity contribution in [2.75, 3.05) is 13.2 Å². The Balaban J connectivity index is 2.01. The molecule has 1 aliphatic heterocycles. The lowest BCUT2D eigenvalue weighted by Crippen LogP contribution is -2.41. The predicted octanol–water partition coefficient (Wildman–Crippen LogP) is 0.710. The molecule has 0 aromatic heterocycles. The fraction of sp³-hybridized carbons (Fsp3) is 0.467. The molecule has 0 radical (unpaired) electrons. The Morgan fingerprint density at radius 2 is 2.10 bits per heavy atom. The Bertz CT molecular complexity index is 490. The summed E-state index contributed by atoms with van der Waals surface area (Å²) in [7, 11) is 0. The molecular weight excluding hydrogens is 274 g/mol. The molecule has 21 heavy (non-hydrogen) atoms. The number of nitrogens with zero attached hydrogens (tertiary/aromatic N) is 1. The van der Waals surface area contributed by atoms with E-state index < -0.39 is 18.1 Å². The monoisotopic (exact) mass is 293 g/mol. The molecule has 2 atom stereocenters. The first-order chi connectivity index (χ1) is 10.1. The molecule has 2 amide bonds. The zero-order chi connectivity index (χ0) is 15.2. The van der Waals surface area contributed by atoms with E-state index in [4.69, 9.17) is 9.84 Å². The van der Waals surface area contributed by atoms with Crippen LogP contribution in [-0.2, 0) is 16.0 Å². The van der Waals surface area contributed by atoms with Gasteiger partial charge in [0.1, 0.15) is 6.61 Å². The van der Waals surface area contributed by atoms with Gasteiger partial charge in [0.15, 0.2) is 0 Å². The molecular formula is C15H19NO5. The molecule has 0 bridgehead atoms. The van der Waals surface area contributed by atoms with E-state index in [1.807, 2.05) is 30.3 Å². The Kier molecular flexibility index (Phi) is 5.30. The van der Waals surface area contributed by atoms with Crippen LogP contribution >= 0.6 is 0 Å². The van der Waals surface area contributed by atoms with Crippen LogP contribution in [0, 0.1) is 0 Å². The maximum Gasteiger partial charge on any atom is 0.416 e. The first-order valence-electron chi connectivity index (χ1n) is 6.93. The van der Waals surface area contributed by atoms with Crippen LogP contribution in [-0.4, -0.2) is 52.5 Å². The quantitative estimate of drug-likeness (QED) is 0.806. The second kappa shape index (κ2) is 7.19. The molecule has 1 heterocycles.